The third-order valence-electron chi connectivity index (χ3n) is 5.63. The minimum absolute atomic E-state index is 0.0356. The Labute approximate surface area is 219 Å². The second kappa shape index (κ2) is 12.3. The molecule has 1 aromatic heterocycles. The van der Waals surface area contributed by atoms with Crippen LogP contribution in [0.1, 0.15) is 76.1 Å². The maximum atomic E-state index is 13.2. The quantitative estimate of drug-likeness (QED) is 0.290. The molecule has 1 aromatic carbocycles. The van der Waals surface area contributed by atoms with Crippen molar-refractivity contribution in [1.29, 1.82) is 0 Å². The highest BCUT2D eigenvalue weighted by Crippen LogP contribution is 2.31. The smallest absolute Gasteiger partial charge is 0.478 e. The van der Waals surface area contributed by atoms with Crippen LogP contribution in [-0.2, 0) is 20.8 Å². The summed E-state index contributed by atoms with van der Waals surface area (Å²) >= 11 is 0. The molecule has 0 saturated heterocycles. The maximum Gasteiger partial charge on any atom is 0.511 e. The van der Waals surface area contributed by atoms with Gasteiger partial charge < -0.3 is 29.7 Å². The summed E-state index contributed by atoms with van der Waals surface area (Å²) in [5.74, 6) is -2.48. The summed E-state index contributed by atoms with van der Waals surface area (Å²) in [6.45, 7) is 8.21. The Kier molecular flexibility index (Phi) is 9.19. The molecule has 1 aliphatic rings. The van der Waals surface area contributed by atoms with E-state index in [1.165, 1.54) is 37.3 Å². The number of nitrogens with zero attached hydrogens (tertiary/aromatic N) is 1. The van der Waals surface area contributed by atoms with Crippen LogP contribution in [0.3, 0.4) is 0 Å². The van der Waals surface area contributed by atoms with Gasteiger partial charge in [0.2, 0.25) is 6.29 Å². The number of aromatic nitrogens is 1. The molecule has 1 amide bonds. The molecule has 1 fully saturated rings. The van der Waals surface area contributed by atoms with Crippen LogP contribution in [0.15, 0.2) is 30.8 Å². The van der Waals surface area contributed by atoms with E-state index in [0.717, 1.165) is 12.8 Å². The number of aromatic carboxylic acids is 1. The second-order valence-corrected chi connectivity index (χ2v) is 9.02. The molecule has 1 aliphatic carbocycles. The molecule has 0 radical (unpaired) electrons. The molecular weight excluding hydrogens is 496 g/mol. The number of rotatable bonds is 11. The zero-order valence-corrected chi connectivity index (χ0v) is 21.4. The van der Waals surface area contributed by atoms with E-state index < -0.39 is 43.0 Å². The molecule has 3 N–H and O–H groups in total. The summed E-state index contributed by atoms with van der Waals surface area (Å²) in [5, 5.41) is 22.4. The summed E-state index contributed by atoms with van der Waals surface area (Å²) in [5.41, 5.74) is 0.193. The average Bonchev–Trinajstić information content (AvgIpc) is 3.69. The number of ether oxygens (including phenoxy) is 3. The summed E-state index contributed by atoms with van der Waals surface area (Å²) in [7, 11) is 0. The van der Waals surface area contributed by atoms with Gasteiger partial charge in [-0.05, 0) is 73.6 Å². The fourth-order valence-electron chi connectivity index (χ4n) is 3.58. The maximum absolute atomic E-state index is 13.2. The molecule has 1 atom stereocenters. The van der Waals surface area contributed by atoms with Crippen molar-refractivity contribution < 1.29 is 43.6 Å². The van der Waals surface area contributed by atoms with Gasteiger partial charge in [-0.2, -0.15) is 0 Å². The highest BCUT2D eigenvalue weighted by molar-refractivity contribution is 6.03. The van der Waals surface area contributed by atoms with Crippen molar-refractivity contribution in [3.63, 3.8) is 0 Å². The van der Waals surface area contributed by atoms with Crippen LogP contribution in [0.2, 0.25) is 0 Å². The molecule has 2 aromatic rings. The number of hydrogen-bond donors (Lipinski definition) is 3. The molecule has 0 aliphatic heterocycles. The lowest BCUT2D eigenvalue weighted by Gasteiger charge is -2.18. The van der Waals surface area contributed by atoms with Crippen LogP contribution in [-0.4, -0.2) is 58.1 Å². The van der Waals surface area contributed by atoms with Gasteiger partial charge in [0.25, 0.3) is 5.91 Å². The van der Waals surface area contributed by atoms with Crippen molar-refractivity contribution in [3.8, 4) is 11.1 Å². The lowest BCUT2D eigenvalue weighted by Crippen LogP contribution is -2.28. The second-order valence-electron chi connectivity index (χ2n) is 9.02. The largest absolute Gasteiger partial charge is 0.511 e. The normalized spacial score (nSPS) is 13.4. The number of esters is 1. The van der Waals surface area contributed by atoms with E-state index in [9.17, 15) is 29.4 Å². The first-order chi connectivity index (χ1) is 18.0. The number of benzene rings is 1. The van der Waals surface area contributed by atoms with Crippen molar-refractivity contribution in [2.75, 3.05) is 6.54 Å². The average molecular weight is 527 g/mol. The van der Waals surface area contributed by atoms with Crippen molar-refractivity contribution in [3.05, 3.63) is 58.9 Å². The van der Waals surface area contributed by atoms with Gasteiger partial charge in [-0.25, -0.2) is 19.4 Å². The van der Waals surface area contributed by atoms with Gasteiger partial charge >= 0.3 is 18.1 Å². The number of hydrogen-bond acceptors (Lipinski definition) is 9. The van der Waals surface area contributed by atoms with E-state index in [1.807, 2.05) is 0 Å². The zero-order valence-electron chi connectivity index (χ0n) is 21.4. The lowest BCUT2D eigenvalue weighted by molar-refractivity contribution is -0.0868. The Hall–Kier alpha value is -4.25. The molecule has 11 heteroatoms. The van der Waals surface area contributed by atoms with E-state index in [1.54, 1.807) is 13.8 Å². The van der Waals surface area contributed by atoms with E-state index in [-0.39, 0.29) is 28.1 Å². The van der Waals surface area contributed by atoms with Crippen molar-refractivity contribution in [1.82, 2.24) is 10.3 Å². The monoisotopic (exact) mass is 526 g/mol. The number of nitrogens with one attached hydrogen (secondary N) is 1. The molecular formula is C27H30N2O9. The van der Waals surface area contributed by atoms with Crippen LogP contribution in [0.5, 0.6) is 0 Å². The van der Waals surface area contributed by atoms with E-state index in [4.69, 9.17) is 14.2 Å². The van der Waals surface area contributed by atoms with Gasteiger partial charge in [0, 0.05) is 19.0 Å². The third kappa shape index (κ3) is 7.16. The predicted molar refractivity (Wildman–Crippen MR) is 135 cm³/mol. The number of carbonyl (C=O) groups is 4. The number of carboxylic acids is 1. The van der Waals surface area contributed by atoms with Crippen LogP contribution in [0, 0.1) is 5.92 Å². The van der Waals surface area contributed by atoms with Crippen molar-refractivity contribution in [2.45, 2.75) is 52.6 Å². The first kappa shape index (κ1) is 28.3. The number of carbonyl (C=O) groups excluding carboxylic acids is 3. The first-order valence-electron chi connectivity index (χ1n) is 12.0. The Morgan fingerprint density at radius 1 is 1.11 bits per heavy atom. The fraction of sp³-hybridized carbons (Fsp3) is 0.370. The Morgan fingerprint density at radius 2 is 1.82 bits per heavy atom. The summed E-state index contributed by atoms with van der Waals surface area (Å²) in [4.78, 5) is 54.0. The van der Waals surface area contributed by atoms with Gasteiger partial charge in [0.05, 0.1) is 18.3 Å². The van der Waals surface area contributed by atoms with Gasteiger partial charge in [-0.15, -0.1) is 0 Å². The van der Waals surface area contributed by atoms with Crippen LogP contribution in [0.4, 0.5) is 4.79 Å². The van der Waals surface area contributed by atoms with E-state index in [2.05, 4.69) is 16.9 Å². The van der Waals surface area contributed by atoms with Crippen molar-refractivity contribution >= 4 is 30.1 Å². The predicted octanol–water partition coefficient (Wildman–Crippen LogP) is 3.79. The van der Waals surface area contributed by atoms with E-state index in [0.29, 0.717) is 23.6 Å². The molecule has 0 spiro atoms. The molecule has 1 saturated carbocycles. The topological polar surface area (TPSA) is 161 Å². The van der Waals surface area contributed by atoms with Crippen LogP contribution >= 0.6 is 0 Å². The number of aliphatic hydroxyl groups excluding tert-OH is 1. The Morgan fingerprint density at radius 3 is 2.39 bits per heavy atom. The molecule has 202 valence electrons. The summed E-state index contributed by atoms with van der Waals surface area (Å²) in [6.07, 6.45) is 0.546. The summed E-state index contributed by atoms with van der Waals surface area (Å²) < 4.78 is 15.0. The summed E-state index contributed by atoms with van der Waals surface area (Å²) in [6, 6.07) is 5.46. The van der Waals surface area contributed by atoms with Gasteiger partial charge in [0.15, 0.2) is 5.69 Å². The van der Waals surface area contributed by atoms with Gasteiger partial charge in [-0.3, -0.25) is 4.79 Å². The Bertz CT molecular complexity index is 1250. The van der Waals surface area contributed by atoms with Crippen LogP contribution in [0.25, 0.3) is 17.2 Å². The van der Waals surface area contributed by atoms with E-state index >= 15 is 0 Å². The van der Waals surface area contributed by atoms with Crippen LogP contribution < -0.4 is 5.32 Å². The SMILES string of the molecule is C=Cc1cc(C(=O)O)c(-c2ccc(C(=O)NCC3CC3)nc2C(=O)OC(C)OC(=O)OC(C)C)cc1CO. The molecule has 0 bridgehead atoms. The van der Waals surface area contributed by atoms with Gasteiger partial charge in [0.1, 0.15) is 5.69 Å². The zero-order chi connectivity index (χ0) is 28.0. The molecule has 11 nitrogen and oxygen atoms in total. The number of carboxylic acid groups (broad SMARTS) is 1. The molecule has 1 unspecified atom stereocenters. The highest BCUT2D eigenvalue weighted by atomic mass is 16.8. The molecule has 1 heterocycles. The highest BCUT2D eigenvalue weighted by Gasteiger charge is 2.27. The standard InChI is InChI=1S/C27H30N2O9/c1-5-17-10-21(25(32)33)20(11-18(17)13-30)19-8-9-22(24(31)28-12-16-6-7-16)29-23(19)26(34)37-15(4)38-27(35)36-14(2)3/h5,8-11,14-16,30H,1,6-7,12-13H2,2-4H3,(H,28,31)(H,32,33). The number of amides is 1. The van der Waals surface area contributed by atoms with Gasteiger partial charge in [-0.1, -0.05) is 12.7 Å². The molecule has 3 rings (SSSR count). The number of pyridine rings is 1. The first-order valence-corrected chi connectivity index (χ1v) is 12.0. The van der Waals surface area contributed by atoms with Crippen molar-refractivity contribution in [2.24, 2.45) is 5.92 Å². The minimum Gasteiger partial charge on any atom is -0.478 e. The fourth-order valence-corrected chi connectivity index (χ4v) is 3.58. The number of aliphatic hydroxyl groups is 1. The Balaban J connectivity index is 2.04. The third-order valence-corrected chi connectivity index (χ3v) is 5.63. The minimum atomic E-state index is -1.38. The lowest BCUT2D eigenvalue weighted by atomic mass is 9.92. The molecule has 38 heavy (non-hydrogen) atoms.